The molecule has 0 heterocycles. The van der Waals surface area contributed by atoms with E-state index in [-0.39, 0.29) is 12.5 Å². The van der Waals surface area contributed by atoms with Crippen LogP contribution >= 0.6 is 0 Å². The lowest BCUT2D eigenvalue weighted by Gasteiger charge is -2.25. The largest absolute Gasteiger partial charge is 0.480 e. The molecule has 1 amide bonds. The van der Waals surface area contributed by atoms with E-state index in [2.05, 4.69) is 0 Å². The fourth-order valence-electron chi connectivity index (χ4n) is 1.86. The van der Waals surface area contributed by atoms with Crippen molar-refractivity contribution >= 4 is 11.9 Å². The number of hydrogen-bond donors (Lipinski definition) is 1. The lowest BCUT2D eigenvalue weighted by Crippen LogP contribution is -2.44. The quantitative estimate of drug-likeness (QED) is 0.830. The predicted molar refractivity (Wildman–Crippen MR) is 75.8 cm³/mol. The van der Waals surface area contributed by atoms with E-state index in [0.29, 0.717) is 18.7 Å². The smallest absolute Gasteiger partial charge is 0.323 e. The molecule has 0 aliphatic carbocycles. The van der Waals surface area contributed by atoms with E-state index in [4.69, 9.17) is 9.84 Å². The molecule has 0 radical (unpaired) electrons. The number of rotatable bonds is 7. The number of carbonyl (C=O) groups excluding carboxylic acids is 1. The highest BCUT2D eigenvalue weighted by Gasteiger charge is 2.25. The monoisotopic (exact) mass is 279 g/mol. The van der Waals surface area contributed by atoms with Crippen molar-refractivity contribution < 1.29 is 19.4 Å². The minimum Gasteiger partial charge on any atom is -0.480 e. The number of amides is 1. The van der Waals surface area contributed by atoms with Gasteiger partial charge < -0.3 is 14.7 Å². The molecule has 110 valence electrons. The molecule has 0 spiro atoms. The van der Waals surface area contributed by atoms with Gasteiger partial charge in [0.15, 0.2) is 6.10 Å². The number of aryl methyl sites for hydroxylation is 1. The van der Waals surface area contributed by atoms with Gasteiger partial charge in [0, 0.05) is 6.54 Å². The number of hydrogen-bond acceptors (Lipinski definition) is 3. The summed E-state index contributed by atoms with van der Waals surface area (Å²) in [5.41, 5.74) is 0.944. The van der Waals surface area contributed by atoms with Gasteiger partial charge in [0.1, 0.15) is 12.3 Å². The standard InChI is InChI=1S/C15H21NO4/c1-4-12(15(19)16(5-2)10-14(17)18)20-13-9-7-6-8-11(13)3/h6-9,12H,4-5,10H2,1-3H3,(H,17,18). The molecular weight excluding hydrogens is 258 g/mol. The fourth-order valence-corrected chi connectivity index (χ4v) is 1.86. The van der Waals surface area contributed by atoms with Crippen LogP contribution in [0.3, 0.4) is 0 Å². The first-order valence-electron chi connectivity index (χ1n) is 6.72. The molecule has 1 rings (SSSR count). The Bertz CT molecular complexity index is 473. The summed E-state index contributed by atoms with van der Waals surface area (Å²) in [5, 5.41) is 8.82. The van der Waals surface area contributed by atoms with Crippen molar-refractivity contribution in [1.29, 1.82) is 0 Å². The highest BCUT2D eigenvalue weighted by Crippen LogP contribution is 2.19. The van der Waals surface area contributed by atoms with Gasteiger partial charge in [-0.1, -0.05) is 25.1 Å². The summed E-state index contributed by atoms with van der Waals surface area (Å²) < 4.78 is 5.74. The number of benzene rings is 1. The van der Waals surface area contributed by atoms with E-state index < -0.39 is 12.1 Å². The predicted octanol–water partition coefficient (Wildman–Crippen LogP) is 2.09. The Balaban J connectivity index is 2.82. The molecule has 0 fully saturated rings. The summed E-state index contributed by atoms with van der Waals surface area (Å²) >= 11 is 0. The van der Waals surface area contributed by atoms with Gasteiger partial charge in [-0.3, -0.25) is 9.59 Å². The van der Waals surface area contributed by atoms with Crippen molar-refractivity contribution in [2.75, 3.05) is 13.1 Å². The Kier molecular flexibility index (Phi) is 6.03. The second-order valence-electron chi connectivity index (χ2n) is 4.53. The molecule has 1 atom stereocenters. The first-order chi connectivity index (χ1) is 9.49. The number of ether oxygens (including phenoxy) is 1. The van der Waals surface area contributed by atoms with Crippen molar-refractivity contribution in [3.05, 3.63) is 29.8 Å². The van der Waals surface area contributed by atoms with Crippen LogP contribution < -0.4 is 4.74 Å². The minimum atomic E-state index is -1.02. The van der Waals surface area contributed by atoms with Crippen LogP contribution in [0.2, 0.25) is 0 Å². The van der Waals surface area contributed by atoms with Gasteiger partial charge in [-0.2, -0.15) is 0 Å². The molecule has 0 saturated heterocycles. The third-order valence-corrected chi connectivity index (χ3v) is 3.03. The fraction of sp³-hybridized carbons (Fsp3) is 0.467. The molecule has 5 heteroatoms. The Hall–Kier alpha value is -2.04. The van der Waals surface area contributed by atoms with Crippen molar-refractivity contribution in [2.24, 2.45) is 0 Å². The van der Waals surface area contributed by atoms with Gasteiger partial charge in [0.05, 0.1) is 0 Å². The topological polar surface area (TPSA) is 66.8 Å². The molecule has 0 aliphatic rings. The zero-order valence-corrected chi connectivity index (χ0v) is 12.1. The van der Waals surface area contributed by atoms with Gasteiger partial charge in [-0.15, -0.1) is 0 Å². The number of carboxylic acids is 1. The Morgan fingerprint density at radius 3 is 2.45 bits per heavy atom. The number of likely N-dealkylation sites (N-methyl/N-ethyl adjacent to an activating group) is 1. The lowest BCUT2D eigenvalue weighted by atomic mass is 10.2. The van der Waals surface area contributed by atoms with Crippen molar-refractivity contribution in [3.63, 3.8) is 0 Å². The molecule has 0 saturated carbocycles. The molecular formula is C15H21NO4. The van der Waals surface area contributed by atoms with E-state index in [1.165, 1.54) is 4.90 Å². The maximum atomic E-state index is 12.3. The van der Waals surface area contributed by atoms with Gasteiger partial charge in [-0.05, 0) is 31.9 Å². The van der Waals surface area contributed by atoms with Gasteiger partial charge >= 0.3 is 5.97 Å². The van der Waals surface area contributed by atoms with Crippen LogP contribution in [-0.4, -0.2) is 41.1 Å². The maximum Gasteiger partial charge on any atom is 0.323 e. The normalized spacial score (nSPS) is 11.8. The van der Waals surface area contributed by atoms with Crippen LogP contribution in [-0.2, 0) is 9.59 Å². The minimum absolute atomic E-state index is 0.291. The summed E-state index contributed by atoms with van der Waals surface area (Å²) in [5.74, 6) is -0.661. The van der Waals surface area contributed by atoms with Crippen LogP contribution in [0.25, 0.3) is 0 Å². The Morgan fingerprint density at radius 1 is 1.30 bits per heavy atom. The van der Waals surface area contributed by atoms with Crippen molar-refractivity contribution in [2.45, 2.75) is 33.3 Å². The first kappa shape index (κ1) is 16.0. The van der Waals surface area contributed by atoms with Crippen LogP contribution in [0.15, 0.2) is 24.3 Å². The van der Waals surface area contributed by atoms with Crippen LogP contribution in [0.1, 0.15) is 25.8 Å². The molecule has 0 aliphatic heterocycles. The summed E-state index contributed by atoms with van der Waals surface area (Å²) in [6.45, 7) is 5.54. The SMILES string of the molecule is CCC(Oc1ccccc1C)C(=O)N(CC)CC(=O)O. The van der Waals surface area contributed by atoms with Gasteiger partial charge in [0.25, 0.3) is 5.91 Å². The van der Waals surface area contributed by atoms with E-state index in [9.17, 15) is 9.59 Å². The number of carbonyl (C=O) groups is 2. The number of aliphatic carboxylic acids is 1. The Morgan fingerprint density at radius 2 is 1.95 bits per heavy atom. The zero-order chi connectivity index (χ0) is 15.1. The second kappa shape index (κ2) is 7.53. The van der Waals surface area contributed by atoms with E-state index in [1.54, 1.807) is 13.0 Å². The van der Waals surface area contributed by atoms with Crippen LogP contribution in [0.4, 0.5) is 0 Å². The molecule has 1 aromatic carbocycles. The van der Waals surface area contributed by atoms with Crippen molar-refractivity contribution in [1.82, 2.24) is 4.90 Å². The van der Waals surface area contributed by atoms with Gasteiger partial charge in [-0.25, -0.2) is 0 Å². The number of carboxylic acid groups (broad SMARTS) is 1. The first-order valence-corrected chi connectivity index (χ1v) is 6.72. The highest BCUT2D eigenvalue weighted by atomic mass is 16.5. The third kappa shape index (κ3) is 4.26. The third-order valence-electron chi connectivity index (χ3n) is 3.03. The molecule has 0 bridgehead atoms. The summed E-state index contributed by atoms with van der Waals surface area (Å²) in [6, 6.07) is 7.45. The molecule has 1 unspecified atom stereocenters. The van der Waals surface area contributed by atoms with Crippen LogP contribution in [0, 0.1) is 6.92 Å². The summed E-state index contributed by atoms with van der Waals surface area (Å²) in [6.07, 6.45) is -0.168. The maximum absolute atomic E-state index is 12.3. The Labute approximate surface area is 119 Å². The summed E-state index contributed by atoms with van der Waals surface area (Å²) in [4.78, 5) is 24.3. The second-order valence-corrected chi connectivity index (χ2v) is 4.53. The van der Waals surface area contributed by atoms with E-state index in [0.717, 1.165) is 5.56 Å². The summed E-state index contributed by atoms with van der Waals surface area (Å²) in [7, 11) is 0. The lowest BCUT2D eigenvalue weighted by molar-refractivity contribution is -0.147. The van der Waals surface area contributed by atoms with Gasteiger partial charge in [0.2, 0.25) is 0 Å². The average Bonchev–Trinajstić information content (AvgIpc) is 2.43. The van der Waals surface area contributed by atoms with E-state index in [1.807, 2.05) is 32.0 Å². The molecule has 1 N–H and O–H groups in total. The van der Waals surface area contributed by atoms with E-state index >= 15 is 0 Å². The average molecular weight is 279 g/mol. The molecule has 0 aromatic heterocycles. The number of nitrogens with zero attached hydrogens (tertiary/aromatic N) is 1. The zero-order valence-electron chi connectivity index (χ0n) is 12.1. The van der Waals surface area contributed by atoms with Crippen LogP contribution in [0.5, 0.6) is 5.75 Å². The molecule has 20 heavy (non-hydrogen) atoms. The van der Waals surface area contributed by atoms with Crippen molar-refractivity contribution in [3.8, 4) is 5.75 Å². The highest BCUT2D eigenvalue weighted by molar-refractivity contribution is 5.84. The number of para-hydroxylation sites is 1. The molecule has 5 nitrogen and oxygen atoms in total. The molecule has 1 aromatic rings.